The van der Waals surface area contributed by atoms with Crippen LogP contribution in [0.15, 0.2) is 141 Å². The van der Waals surface area contributed by atoms with Gasteiger partial charge < -0.3 is 20.7 Å². The van der Waals surface area contributed by atoms with Crippen molar-refractivity contribution in [3.05, 3.63) is 170 Å². The summed E-state index contributed by atoms with van der Waals surface area (Å²) < 4.78 is 126. The molecular formula is C68H71FN18O13S4. The van der Waals surface area contributed by atoms with Crippen LogP contribution in [-0.2, 0) is 59.6 Å². The van der Waals surface area contributed by atoms with Gasteiger partial charge in [-0.15, -0.1) is 0 Å². The molecule has 4 N–H and O–H groups in total. The predicted molar refractivity (Wildman–Crippen MR) is 393 cm³/mol. The Hall–Kier alpha value is -11.3. The van der Waals surface area contributed by atoms with Crippen molar-refractivity contribution in [1.29, 1.82) is 0 Å². The van der Waals surface area contributed by atoms with Gasteiger partial charge in [-0.05, 0) is 123 Å². The maximum Gasteiger partial charge on any atom is 0.412 e. The van der Waals surface area contributed by atoms with Crippen LogP contribution in [0.5, 0.6) is 0 Å². The van der Waals surface area contributed by atoms with Gasteiger partial charge in [0.1, 0.15) is 29.1 Å². The molecule has 4 amide bonds. The monoisotopic (exact) mass is 1490 g/mol. The van der Waals surface area contributed by atoms with Gasteiger partial charge in [0.05, 0.1) is 70.2 Å². The van der Waals surface area contributed by atoms with Crippen molar-refractivity contribution in [2.75, 3.05) is 62.8 Å². The topological polar surface area (TPSA) is 392 Å². The summed E-state index contributed by atoms with van der Waals surface area (Å²) in [6.07, 6.45) is 21.7. The second-order valence-corrected chi connectivity index (χ2v) is 32.2. The number of hydrogen-bond donors (Lipinski definition) is 4. The van der Waals surface area contributed by atoms with E-state index in [-0.39, 0.29) is 34.4 Å². The third-order valence-corrected chi connectivity index (χ3v) is 22.8. The molecule has 13 rings (SSSR count). The van der Waals surface area contributed by atoms with E-state index in [0.717, 1.165) is 69.9 Å². The summed E-state index contributed by atoms with van der Waals surface area (Å²) in [6.45, 7) is 11.3. The van der Waals surface area contributed by atoms with Gasteiger partial charge in [-0.25, -0.2) is 61.8 Å². The molecule has 104 heavy (non-hydrogen) atoms. The number of nitrogens with one attached hydrogen (secondary N) is 4. The summed E-state index contributed by atoms with van der Waals surface area (Å²) in [6, 6.07) is 17.0. The van der Waals surface area contributed by atoms with E-state index in [1.807, 2.05) is 6.92 Å². The van der Waals surface area contributed by atoms with Gasteiger partial charge in [0.15, 0.2) is 0 Å². The Bertz CT molecular complexity index is 5900. The van der Waals surface area contributed by atoms with E-state index in [9.17, 15) is 57.2 Å². The Morgan fingerprint density at radius 3 is 1.36 bits per heavy atom. The second-order valence-electron chi connectivity index (χ2n) is 24.2. The highest BCUT2D eigenvalue weighted by molar-refractivity contribution is 7.91. The first kappa shape index (κ1) is 75.4. The molecule has 1 aliphatic rings. The zero-order chi connectivity index (χ0) is 75.7. The van der Waals surface area contributed by atoms with Crippen LogP contribution in [0.25, 0.3) is 88.1 Å². The van der Waals surface area contributed by atoms with Crippen LogP contribution in [0.2, 0.25) is 0 Å². The Balaban J connectivity index is 0.000000149. The Labute approximate surface area is 597 Å². The van der Waals surface area contributed by atoms with E-state index in [1.165, 1.54) is 115 Å². The summed E-state index contributed by atoms with van der Waals surface area (Å²) in [5, 5.41) is 12.8. The molecule has 12 aromatic rings. The molecule has 0 unspecified atom stereocenters. The summed E-state index contributed by atoms with van der Waals surface area (Å²) in [7, 11) is -7.09. The van der Waals surface area contributed by atoms with Crippen LogP contribution < -0.4 is 21.3 Å². The molecule has 0 saturated heterocycles. The number of anilines is 4. The average Bonchev–Trinajstić information content (AvgIpc) is 1.61. The van der Waals surface area contributed by atoms with Crippen molar-refractivity contribution in [1.82, 2.24) is 64.4 Å². The van der Waals surface area contributed by atoms with Crippen molar-refractivity contribution < 1.29 is 62.0 Å². The normalized spacial score (nSPS) is 12.5. The van der Waals surface area contributed by atoms with E-state index in [0.29, 0.717) is 80.4 Å². The lowest BCUT2D eigenvalue weighted by Crippen LogP contribution is -2.28. The van der Waals surface area contributed by atoms with Gasteiger partial charge in [-0.3, -0.25) is 39.6 Å². The number of carbonyl (C=O) groups excluding carboxylic acids is 4. The molecule has 1 saturated carbocycles. The molecule has 0 radical (unpaired) electrons. The summed E-state index contributed by atoms with van der Waals surface area (Å²) in [5.74, 6) is 0.0212. The Kier molecular flexibility index (Phi) is 21.7. The number of rotatable bonds is 15. The quantitative estimate of drug-likeness (QED) is 0.0742. The lowest BCUT2D eigenvalue weighted by atomic mass is 10.0. The maximum absolute atomic E-state index is 14.4. The van der Waals surface area contributed by atoms with Crippen LogP contribution in [0.3, 0.4) is 0 Å². The van der Waals surface area contributed by atoms with Crippen molar-refractivity contribution in [2.45, 2.75) is 66.6 Å². The number of fused-ring (bicyclic) bond motifs is 4. The standard InChI is InChI=1S/C17H15FN4O3S.C17H19N5O4S.C17H19N5O3S.C17H18N4O3S/c1-10(23)21-17-6-13(15(18)8-20-17)14-7-19-9-16-12(14)4-5-22(16)26(24,25)11-2-3-11;1-11-16-13(6-8-22(16)27(24,25)21(2)3)14(10-19-11)12-5-7-18-15(9-12)20-17(23)26-4;1-11-17-14(6-8-22(17)26(24,25)21(3)4)15(10-19-11)13-5-7-18-16(9-13)20-12(2)23;1-10-9-21(25(4,23)24)17-11(2)19-8-14(16(10)17)13-5-6-18-15(7-13)20-12(3)22/h4-9,11H,2-3H2,1H3,(H,20,21,23);5-10H,1-4H3,(H,18,20,23);5-10H,1-4H3,(H,18,20,23);5-9H,1-4H3,(H,18,20,22). The number of nitrogens with zero attached hydrogens (tertiary/aromatic N) is 14. The molecule has 0 aromatic carbocycles. The maximum atomic E-state index is 14.4. The molecule has 0 atom stereocenters. The first-order chi connectivity index (χ1) is 49.0. The highest BCUT2D eigenvalue weighted by Crippen LogP contribution is 2.39. The van der Waals surface area contributed by atoms with E-state index < -0.39 is 52.4 Å². The largest absolute Gasteiger partial charge is 0.453 e. The summed E-state index contributed by atoms with van der Waals surface area (Å²) in [5.41, 5.74) is 9.83. The van der Waals surface area contributed by atoms with Crippen LogP contribution in [0.4, 0.5) is 32.5 Å². The third-order valence-electron chi connectivity index (χ3n) is 16.2. The number of aromatic nitrogens is 12. The van der Waals surface area contributed by atoms with Gasteiger partial charge in [-0.1, -0.05) is 0 Å². The molecule has 12 aromatic heterocycles. The number of methoxy groups -OCH3 is 1. The third kappa shape index (κ3) is 15.8. The van der Waals surface area contributed by atoms with Crippen molar-refractivity contribution in [3.63, 3.8) is 0 Å². The fourth-order valence-electron chi connectivity index (χ4n) is 11.2. The fraction of sp³-hybridized carbons (Fsp3) is 0.235. The average molecular weight is 1500 g/mol. The molecule has 0 bridgehead atoms. The van der Waals surface area contributed by atoms with E-state index in [1.54, 1.807) is 119 Å². The van der Waals surface area contributed by atoms with Crippen LogP contribution in [0.1, 0.15) is 56.3 Å². The molecule has 31 nitrogen and oxygen atoms in total. The highest BCUT2D eigenvalue weighted by atomic mass is 32.2. The molecular weight excluding hydrogens is 1420 g/mol. The lowest BCUT2D eigenvalue weighted by Gasteiger charge is -2.14. The molecule has 36 heteroatoms. The number of halogens is 1. The van der Waals surface area contributed by atoms with Crippen LogP contribution in [-0.4, -0.2) is 169 Å². The van der Waals surface area contributed by atoms with Gasteiger partial charge in [0.25, 0.3) is 0 Å². The first-order valence-electron chi connectivity index (χ1n) is 31.4. The predicted octanol–water partition coefficient (Wildman–Crippen LogP) is 9.28. The highest BCUT2D eigenvalue weighted by Gasteiger charge is 2.38. The Morgan fingerprint density at radius 2 is 0.913 bits per heavy atom. The van der Waals surface area contributed by atoms with Gasteiger partial charge in [-0.2, -0.15) is 25.4 Å². The number of aryl methyl sites for hydroxylation is 4. The SMILES string of the molecule is CC(=O)Nc1cc(-c2cnc(C)c3c2c(C)cn3S(C)(=O)=O)ccn1.CC(=O)Nc1cc(-c2cnc(C)c3c2ccn3S(=O)(=O)N(C)C)ccn1.CC(=O)Nc1cc(-c2cncc3c2ccn3S(=O)(=O)C2CC2)c(F)cn1.COC(=O)Nc1cc(-c2cnc(C)c3c2ccn3S(=O)(=O)N(C)C)ccn1. The van der Waals surface area contributed by atoms with E-state index in [2.05, 4.69) is 65.9 Å². The number of pyridine rings is 8. The van der Waals surface area contributed by atoms with Crippen LogP contribution in [0, 0.1) is 33.5 Å². The van der Waals surface area contributed by atoms with Gasteiger partial charge in [0.2, 0.25) is 37.8 Å². The van der Waals surface area contributed by atoms with Crippen molar-refractivity contribution in [2.24, 2.45) is 0 Å². The Morgan fingerprint density at radius 1 is 0.490 bits per heavy atom. The van der Waals surface area contributed by atoms with Crippen molar-refractivity contribution >= 4 is 131 Å². The molecule has 1 aliphatic carbocycles. The molecule has 1 fully saturated rings. The zero-order valence-corrected chi connectivity index (χ0v) is 61.6. The zero-order valence-electron chi connectivity index (χ0n) is 58.3. The van der Waals surface area contributed by atoms with E-state index in [4.69, 9.17) is 0 Å². The number of ether oxygens (including phenoxy) is 1. The second kappa shape index (κ2) is 29.9. The first-order valence-corrected chi connectivity index (χ1v) is 37.6. The molecule has 12 heterocycles. The van der Waals surface area contributed by atoms with Crippen LogP contribution >= 0.6 is 0 Å². The van der Waals surface area contributed by atoms with E-state index >= 15 is 0 Å². The lowest BCUT2D eigenvalue weighted by molar-refractivity contribution is -0.115. The fourth-order valence-corrected chi connectivity index (χ4v) is 15.9. The molecule has 0 aliphatic heterocycles. The summed E-state index contributed by atoms with van der Waals surface area (Å²) >= 11 is 0. The van der Waals surface area contributed by atoms with Crippen molar-refractivity contribution in [3.8, 4) is 44.5 Å². The number of hydrogen-bond acceptors (Lipinski definition) is 21. The van der Waals surface area contributed by atoms with Gasteiger partial charge >= 0.3 is 26.5 Å². The molecule has 0 spiro atoms. The number of amides is 4. The minimum Gasteiger partial charge on any atom is -0.453 e. The van der Waals surface area contributed by atoms with Gasteiger partial charge in [0, 0.05) is 166 Å². The minimum absolute atomic E-state index is 0.184. The summed E-state index contributed by atoms with van der Waals surface area (Å²) in [4.78, 5) is 78.4. The molecule has 542 valence electrons. The number of carbonyl (C=O) groups is 4. The smallest absolute Gasteiger partial charge is 0.412 e. The minimum atomic E-state index is -3.68.